The fourth-order valence-electron chi connectivity index (χ4n) is 2.88. The lowest BCUT2D eigenvalue weighted by Gasteiger charge is -2.22. The van der Waals surface area contributed by atoms with E-state index in [0.29, 0.717) is 27.9 Å². The Kier molecular flexibility index (Phi) is 5.46. The molecule has 0 N–H and O–H groups in total. The van der Waals surface area contributed by atoms with Gasteiger partial charge in [-0.2, -0.15) is 5.26 Å². The van der Waals surface area contributed by atoms with Crippen LogP contribution in [0, 0.1) is 17.2 Å². The van der Waals surface area contributed by atoms with Gasteiger partial charge in [-0.25, -0.2) is 0 Å². The van der Waals surface area contributed by atoms with Crippen LogP contribution in [0.4, 0.5) is 0 Å². The van der Waals surface area contributed by atoms with Gasteiger partial charge in [-0.15, -0.1) is 0 Å². The number of Topliss-reactive ketones (excluding diaryl/α,β-unsaturated/α-hetero) is 1. The molecule has 1 aromatic carbocycles. The largest absolute Gasteiger partial charge is 0.298 e. The quantitative estimate of drug-likeness (QED) is 0.772. The zero-order valence-electron chi connectivity index (χ0n) is 11.2. The summed E-state index contributed by atoms with van der Waals surface area (Å²) in [6.07, 6.45) is 6.24. The number of hydrogen-bond acceptors (Lipinski definition) is 2. The number of ketones is 1. The maximum atomic E-state index is 12.4. The van der Waals surface area contributed by atoms with Crippen LogP contribution >= 0.6 is 23.2 Å². The van der Waals surface area contributed by atoms with E-state index < -0.39 is 5.92 Å². The van der Waals surface area contributed by atoms with Gasteiger partial charge in [-0.3, -0.25) is 4.79 Å². The molecule has 1 fully saturated rings. The lowest BCUT2D eigenvalue weighted by molar-refractivity contribution is -0.120. The molecule has 0 aliphatic heterocycles. The first kappa shape index (κ1) is 15.4. The minimum Gasteiger partial charge on any atom is -0.298 e. The van der Waals surface area contributed by atoms with Gasteiger partial charge in [-0.05, 0) is 18.1 Å². The summed E-state index contributed by atoms with van der Waals surface area (Å²) in [5, 5.41) is 10.1. The van der Waals surface area contributed by atoms with E-state index in [2.05, 4.69) is 6.07 Å². The molecule has 20 heavy (non-hydrogen) atoms. The van der Waals surface area contributed by atoms with Crippen molar-refractivity contribution in [3.63, 3.8) is 0 Å². The van der Waals surface area contributed by atoms with Gasteiger partial charge in [0.25, 0.3) is 0 Å². The second-order valence-corrected chi connectivity index (χ2v) is 6.19. The number of carbonyl (C=O) groups excluding carboxylic acids is 1. The molecule has 1 saturated carbocycles. The van der Waals surface area contributed by atoms with Crippen LogP contribution in [0.5, 0.6) is 0 Å². The molecule has 0 bridgehead atoms. The standard InChI is InChI=1S/C16H17Cl2NO/c17-13-7-4-8-14(18)16(13)12(10-19)15(20)9-11-5-2-1-3-6-11/h4,7-8,11-12H,1-3,5-6,9H2. The van der Waals surface area contributed by atoms with E-state index in [9.17, 15) is 10.1 Å². The van der Waals surface area contributed by atoms with Crippen LogP contribution in [0.15, 0.2) is 18.2 Å². The Labute approximate surface area is 129 Å². The Morgan fingerprint density at radius 1 is 1.25 bits per heavy atom. The van der Waals surface area contributed by atoms with Crippen LogP contribution in [-0.2, 0) is 4.79 Å². The summed E-state index contributed by atoms with van der Waals surface area (Å²) in [5.41, 5.74) is 0.458. The van der Waals surface area contributed by atoms with Gasteiger partial charge in [0.1, 0.15) is 5.92 Å². The van der Waals surface area contributed by atoms with Gasteiger partial charge in [0.2, 0.25) is 0 Å². The van der Waals surface area contributed by atoms with E-state index in [-0.39, 0.29) is 5.78 Å². The average molecular weight is 310 g/mol. The maximum absolute atomic E-state index is 12.4. The monoisotopic (exact) mass is 309 g/mol. The van der Waals surface area contributed by atoms with E-state index in [0.717, 1.165) is 12.8 Å². The number of nitrogens with zero attached hydrogens (tertiary/aromatic N) is 1. The number of nitriles is 1. The highest BCUT2D eigenvalue weighted by Gasteiger charge is 2.27. The third-order valence-electron chi connectivity index (χ3n) is 3.95. The third-order valence-corrected chi connectivity index (χ3v) is 4.61. The van der Waals surface area contributed by atoms with Crippen LogP contribution in [0.1, 0.15) is 50.0 Å². The van der Waals surface area contributed by atoms with Crippen LogP contribution in [-0.4, -0.2) is 5.78 Å². The number of benzene rings is 1. The first-order valence-electron chi connectivity index (χ1n) is 6.99. The lowest BCUT2D eigenvalue weighted by atomic mass is 9.82. The van der Waals surface area contributed by atoms with Crippen molar-refractivity contribution in [1.29, 1.82) is 5.26 Å². The highest BCUT2D eigenvalue weighted by Crippen LogP contribution is 2.34. The van der Waals surface area contributed by atoms with Crippen molar-refractivity contribution in [2.45, 2.75) is 44.4 Å². The summed E-state index contributed by atoms with van der Waals surface area (Å²) in [5.74, 6) is -0.499. The van der Waals surface area contributed by atoms with Crippen molar-refractivity contribution in [2.75, 3.05) is 0 Å². The fourth-order valence-corrected chi connectivity index (χ4v) is 3.49. The third kappa shape index (κ3) is 3.53. The first-order valence-corrected chi connectivity index (χ1v) is 7.75. The molecule has 2 rings (SSSR count). The molecule has 0 radical (unpaired) electrons. The molecule has 2 nitrogen and oxygen atoms in total. The van der Waals surface area contributed by atoms with E-state index in [1.807, 2.05) is 0 Å². The summed E-state index contributed by atoms with van der Waals surface area (Å²) in [6, 6.07) is 7.12. The van der Waals surface area contributed by atoms with E-state index in [1.165, 1.54) is 19.3 Å². The summed E-state index contributed by atoms with van der Waals surface area (Å²) in [4.78, 5) is 12.4. The van der Waals surface area contributed by atoms with E-state index >= 15 is 0 Å². The maximum Gasteiger partial charge on any atom is 0.154 e. The highest BCUT2D eigenvalue weighted by molar-refractivity contribution is 6.36. The second-order valence-electron chi connectivity index (χ2n) is 5.37. The normalized spacial score (nSPS) is 17.4. The van der Waals surface area contributed by atoms with Crippen molar-refractivity contribution in [3.8, 4) is 6.07 Å². The summed E-state index contributed by atoms with van der Waals surface area (Å²) >= 11 is 12.2. The second kappa shape index (κ2) is 7.11. The van der Waals surface area contributed by atoms with E-state index in [1.54, 1.807) is 18.2 Å². The average Bonchev–Trinajstić information content (AvgIpc) is 2.44. The first-order chi connectivity index (χ1) is 9.63. The van der Waals surface area contributed by atoms with Gasteiger partial charge in [0.05, 0.1) is 6.07 Å². The highest BCUT2D eigenvalue weighted by atomic mass is 35.5. The Balaban J connectivity index is 2.15. The van der Waals surface area contributed by atoms with Crippen molar-refractivity contribution < 1.29 is 4.79 Å². The molecule has 0 aromatic heterocycles. The zero-order valence-corrected chi connectivity index (χ0v) is 12.8. The Morgan fingerprint density at radius 3 is 2.40 bits per heavy atom. The predicted octanol–water partition coefficient (Wildman–Crippen LogP) is 5.14. The van der Waals surface area contributed by atoms with Crippen molar-refractivity contribution >= 4 is 29.0 Å². The lowest BCUT2D eigenvalue weighted by Crippen LogP contribution is -2.18. The van der Waals surface area contributed by atoms with E-state index in [4.69, 9.17) is 23.2 Å². The number of hydrogen-bond donors (Lipinski definition) is 0. The molecular weight excluding hydrogens is 293 g/mol. The number of rotatable bonds is 4. The Morgan fingerprint density at radius 2 is 1.85 bits per heavy atom. The minimum absolute atomic E-state index is 0.0607. The molecule has 0 heterocycles. The molecule has 1 aromatic rings. The molecule has 0 saturated heterocycles. The fraction of sp³-hybridized carbons (Fsp3) is 0.500. The number of halogens is 2. The smallest absolute Gasteiger partial charge is 0.154 e. The molecule has 1 unspecified atom stereocenters. The molecule has 4 heteroatoms. The summed E-state index contributed by atoms with van der Waals surface area (Å²) in [6.45, 7) is 0. The van der Waals surface area contributed by atoms with Gasteiger partial charge in [0, 0.05) is 22.0 Å². The topological polar surface area (TPSA) is 40.9 Å². The molecule has 106 valence electrons. The molecule has 1 aliphatic carbocycles. The minimum atomic E-state index is -0.849. The van der Waals surface area contributed by atoms with Gasteiger partial charge in [0.15, 0.2) is 5.78 Å². The van der Waals surface area contributed by atoms with Crippen molar-refractivity contribution in [3.05, 3.63) is 33.8 Å². The van der Waals surface area contributed by atoms with Gasteiger partial charge >= 0.3 is 0 Å². The predicted molar refractivity (Wildman–Crippen MR) is 81.0 cm³/mol. The molecule has 0 amide bonds. The summed E-state index contributed by atoms with van der Waals surface area (Å²) in [7, 11) is 0. The molecule has 0 spiro atoms. The van der Waals surface area contributed by atoms with Gasteiger partial charge in [-0.1, -0.05) is 61.4 Å². The van der Waals surface area contributed by atoms with Crippen LogP contribution < -0.4 is 0 Å². The zero-order chi connectivity index (χ0) is 14.5. The molecule has 1 aliphatic rings. The molecular formula is C16H17Cl2NO. The molecule has 1 atom stereocenters. The van der Waals surface area contributed by atoms with Crippen LogP contribution in [0.25, 0.3) is 0 Å². The summed E-state index contributed by atoms with van der Waals surface area (Å²) < 4.78 is 0. The Bertz CT molecular complexity index is 510. The van der Waals surface area contributed by atoms with Crippen LogP contribution in [0.3, 0.4) is 0 Å². The van der Waals surface area contributed by atoms with Crippen molar-refractivity contribution in [1.82, 2.24) is 0 Å². The SMILES string of the molecule is N#CC(C(=O)CC1CCCCC1)c1c(Cl)cccc1Cl. The van der Waals surface area contributed by atoms with Crippen molar-refractivity contribution in [2.24, 2.45) is 5.92 Å². The van der Waals surface area contributed by atoms with Gasteiger partial charge < -0.3 is 0 Å². The Hall–Kier alpha value is -1.04. The van der Waals surface area contributed by atoms with Crippen LogP contribution in [0.2, 0.25) is 10.0 Å². The number of carbonyl (C=O) groups is 1.